The first-order valence-corrected chi connectivity index (χ1v) is 8.38. The van der Waals surface area contributed by atoms with Crippen molar-refractivity contribution < 1.29 is 27.2 Å². The molecule has 1 aromatic rings. The number of hydrogen-bond donors (Lipinski definition) is 1. The van der Waals surface area contributed by atoms with Gasteiger partial charge in [-0.1, -0.05) is 6.92 Å². The highest BCUT2D eigenvalue weighted by atomic mass is 32.2. The molecule has 0 radical (unpaired) electrons. The van der Waals surface area contributed by atoms with Gasteiger partial charge in [-0.3, -0.25) is 8.74 Å². The molecule has 1 aliphatic heterocycles. The quantitative estimate of drug-likeness (QED) is 0.584. The third kappa shape index (κ3) is 4.71. The van der Waals surface area contributed by atoms with E-state index in [1.807, 2.05) is 17.7 Å². The minimum atomic E-state index is -2.22. The van der Waals surface area contributed by atoms with E-state index in [0.29, 0.717) is 32.7 Å². The van der Waals surface area contributed by atoms with E-state index >= 15 is 0 Å². The lowest BCUT2D eigenvalue weighted by molar-refractivity contribution is 0.00189. The molecule has 0 fully saturated rings. The Kier molecular flexibility index (Phi) is 6.24. The summed E-state index contributed by atoms with van der Waals surface area (Å²) < 4.78 is 40.8. The summed E-state index contributed by atoms with van der Waals surface area (Å²) in [5.74, 6) is 1.55. The molecule has 6 nitrogen and oxygen atoms in total. The summed E-state index contributed by atoms with van der Waals surface area (Å²) in [4.78, 5) is 0. The van der Waals surface area contributed by atoms with Crippen molar-refractivity contribution in [1.82, 2.24) is 0 Å². The van der Waals surface area contributed by atoms with Crippen molar-refractivity contribution in [3.8, 4) is 11.5 Å². The van der Waals surface area contributed by atoms with Crippen molar-refractivity contribution in [2.45, 2.75) is 32.0 Å². The van der Waals surface area contributed by atoms with Crippen molar-refractivity contribution in [3.05, 3.63) is 10.8 Å². The molecule has 0 aromatic carbocycles. The maximum absolute atomic E-state index is 10.6. The van der Waals surface area contributed by atoms with E-state index in [1.54, 1.807) is 0 Å². The van der Waals surface area contributed by atoms with Crippen LogP contribution in [0.3, 0.4) is 0 Å². The zero-order valence-electron chi connectivity index (χ0n) is 11.1. The fourth-order valence-electron chi connectivity index (χ4n) is 1.81. The van der Waals surface area contributed by atoms with Crippen molar-refractivity contribution in [1.29, 1.82) is 0 Å². The second kappa shape index (κ2) is 7.94. The summed E-state index contributed by atoms with van der Waals surface area (Å²) in [6.45, 7) is 3.24. The SMILES string of the molecule is CCC(CCOCC1COc2cscc2O1)OS(=O)O. The van der Waals surface area contributed by atoms with Crippen LogP contribution < -0.4 is 9.47 Å². The topological polar surface area (TPSA) is 74.2 Å². The number of fused-ring (bicyclic) bond motifs is 1. The molecule has 2 heterocycles. The third-order valence-electron chi connectivity index (χ3n) is 2.87. The van der Waals surface area contributed by atoms with Gasteiger partial charge >= 0.3 is 11.4 Å². The van der Waals surface area contributed by atoms with Gasteiger partial charge in [0, 0.05) is 17.4 Å². The van der Waals surface area contributed by atoms with Crippen LogP contribution in [0.1, 0.15) is 19.8 Å². The van der Waals surface area contributed by atoms with Gasteiger partial charge < -0.3 is 14.2 Å². The highest BCUT2D eigenvalue weighted by molar-refractivity contribution is 7.74. The molecule has 1 aromatic heterocycles. The first-order valence-electron chi connectivity index (χ1n) is 6.40. The zero-order chi connectivity index (χ0) is 14.4. The van der Waals surface area contributed by atoms with Gasteiger partial charge in [0.2, 0.25) is 0 Å². The molecule has 0 bridgehead atoms. The number of hydrogen-bond acceptors (Lipinski definition) is 6. The van der Waals surface area contributed by atoms with Crippen LogP contribution in [-0.2, 0) is 20.3 Å². The lowest BCUT2D eigenvalue weighted by Crippen LogP contribution is -2.33. The largest absolute Gasteiger partial charge is 0.485 e. The summed E-state index contributed by atoms with van der Waals surface area (Å²) in [5, 5.41) is 3.81. The van der Waals surface area contributed by atoms with E-state index in [2.05, 4.69) is 0 Å². The molecule has 1 N–H and O–H groups in total. The van der Waals surface area contributed by atoms with E-state index in [4.69, 9.17) is 22.9 Å². The molecule has 8 heteroatoms. The van der Waals surface area contributed by atoms with Crippen molar-refractivity contribution >= 4 is 22.7 Å². The van der Waals surface area contributed by atoms with Gasteiger partial charge in [0.1, 0.15) is 6.61 Å². The maximum atomic E-state index is 10.6. The molecule has 0 aliphatic carbocycles. The molecule has 114 valence electrons. The lowest BCUT2D eigenvalue weighted by atomic mass is 10.2. The fourth-order valence-corrected chi connectivity index (χ4v) is 2.95. The zero-order valence-corrected chi connectivity index (χ0v) is 12.8. The fraction of sp³-hybridized carbons (Fsp3) is 0.667. The Morgan fingerprint density at radius 3 is 3.10 bits per heavy atom. The second-order valence-electron chi connectivity index (χ2n) is 4.36. The van der Waals surface area contributed by atoms with Crippen LogP contribution in [0.2, 0.25) is 0 Å². The molecule has 3 unspecified atom stereocenters. The van der Waals surface area contributed by atoms with Gasteiger partial charge in [0.15, 0.2) is 17.6 Å². The summed E-state index contributed by atoms with van der Waals surface area (Å²) in [6.07, 6.45) is 0.842. The average molecular weight is 322 g/mol. The van der Waals surface area contributed by atoms with Crippen molar-refractivity contribution in [2.75, 3.05) is 19.8 Å². The van der Waals surface area contributed by atoms with E-state index < -0.39 is 11.4 Å². The van der Waals surface area contributed by atoms with E-state index in [1.165, 1.54) is 11.3 Å². The van der Waals surface area contributed by atoms with Gasteiger partial charge in [-0.05, 0) is 12.8 Å². The van der Waals surface area contributed by atoms with Crippen LogP contribution in [0.15, 0.2) is 10.8 Å². The predicted octanol–water partition coefficient (Wildman–Crippen LogP) is 2.23. The highest BCUT2D eigenvalue weighted by Gasteiger charge is 2.21. The Labute approximate surface area is 124 Å². The van der Waals surface area contributed by atoms with Gasteiger partial charge in [-0.15, -0.1) is 11.3 Å². The smallest absolute Gasteiger partial charge is 0.302 e. The van der Waals surface area contributed by atoms with Crippen LogP contribution in [0.25, 0.3) is 0 Å². The Morgan fingerprint density at radius 1 is 1.55 bits per heavy atom. The highest BCUT2D eigenvalue weighted by Crippen LogP contribution is 2.35. The molecule has 1 aliphatic rings. The number of thiophene rings is 1. The van der Waals surface area contributed by atoms with Crippen molar-refractivity contribution in [3.63, 3.8) is 0 Å². The first-order chi connectivity index (χ1) is 9.69. The number of rotatable bonds is 8. The Morgan fingerprint density at radius 2 is 2.35 bits per heavy atom. The maximum Gasteiger partial charge on any atom is 0.302 e. The second-order valence-corrected chi connectivity index (χ2v) is 5.73. The van der Waals surface area contributed by atoms with Gasteiger partial charge in [0.05, 0.1) is 12.7 Å². The lowest BCUT2D eigenvalue weighted by Gasteiger charge is -2.24. The standard InChI is InChI=1S/C12H18O6S2/c1-2-9(18-20(13)14)3-4-15-5-10-6-16-11-7-19-8-12(11)17-10/h7-10H,2-6H2,1H3,(H,13,14). The summed E-state index contributed by atoms with van der Waals surface area (Å²) >= 11 is -0.686. The van der Waals surface area contributed by atoms with Gasteiger partial charge in [-0.25, -0.2) is 0 Å². The van der Waals surface area contributed by atoms with Crippen LogP contribution in [0.4, 0.5) is 0 Å². The Balaban J connectivity index is 1.63. The molecule has 2 rings (SSSR count). The average Bonchev–Trinajstić information content (AvgIpc) is 2.89. The molecular weight excluding hydrogens is 304 g/mol. The molecular formula is C12H18O6S2. The van der Waals surface area contributed by atoms with Crippen LogP contribution in [-0.4, -0.2) is 40.8 Å². The number of ether oxygens (including phenoxy) is 3. The van der Waals surface area contributed by atoms with Gasteiger partial charge in [0.25, 0.3) is 0 Å². The molecule has 0 saturated heterocycles. The van der Waals surface area contributed by atoms with Crippen LogP contribution in [0.5, 0.6) is 11.5 Å². The third-order valence-corrected chi connectivity index (χ3v) is 4.01. The first kappa shape index (κ1) is 15.7. The molecule has 0 spiro atoms. The monoisotopic (exact) mass is 322 g/mol. The van der Waals surface area contributed by atoms with Gasteiger partial charge in [-0.2, -0.15) is 4.21 Å². The normalized spacial score (nSPS) is 20.6. The minimum absolute atomic E-state index is 0.120. The molecule has 0 saturated carbocycles. The Hall–Kier alpha value is -0.670. The minimum Gasteiger partial charge on any atom is -0.485 e. The molecule has 0 amide bonds. The van der Waals surface area contributed by atoms with E-state index in [-0.39, 0.29) is 12.2 Å². The van der Waals surface area contributed by atoms with E-state index in [9.17, 15) is 4.21 Å². The van der Waals surface area contributed by atoms with E-state index in [0.717, 1.165) is 11.5 Å². The Bertz CT molecular complexity index is 435. The summed E-state index contributed by atoms with van der Waals surface area (Å²) in [6, 6.07) is 0. The molecule has 20 heavy (non-hydrogen) atoms. The summed E-state index contributed by atoms with van der Waals surface area (Å²) in [7, 11) is 0. The summed E-state index contributed by atoms with van der Waals surface area (Å²) in [5.41, 5.74) is 0. The molecule has 3 atom stereocenters. The van der Waals surface area contributed by atoms with Crippen LogP contribution in [0, 0.1) is 0 Å². The van der Waals surface area contributed by atoms with Crippen molar-refractivity contribution in [2.24, 2.45) is 0 Å². The van der Waals surface area contributed by atoms with Crippen LogP contribution >= 0.6 is 11.3 Å². The predicted molar refractivity (Wildman–Crippen MR) is 75.6 cm³/mol.